The van der Waals surface area contributed by atoms with E-state index in [1.165, 1.54) is 11.9 Å². The van der Waals surface area contributed by atoms with E-state index in [1.807, 2.05) is 55.7 Å². The first kappa shape index (κ1) is 18.6. The summed E-state index contributed by atoms with van der Waals surface area (Å²) in [6.45, 7) is 6.51. The number of amides is 1. The monoisotopic (exact) mass is 365 g/mol. The number of hydrogen-bond donors (Lipinski definition) is 1. The summed E-state index contributed by atoms with van der Waals surface area (Å²) in [6.07, 6.45) is 6.46. The van der Waals surface area contributed by atoms with Crippen molar-refractivity contribution in [1.29, 1.82) is 0 Å². The molecule has 3 rings (SSSR count). The van der Waals surface area contributed by atoms with Gasteiger partial charge in [-0.3, -0.25) is 0 Å². The van der Waals surface area contributed by atoms with Gasteiger partial charge in [0, 0.05) is 6.54 Å². The highest BCUT2D eigenvalue weighted by Crippen LogP contribution is 2.15. The Kier molecular flexibility index (Phi) is 5.49. The van der Waals surface area contributed by atoms with E-state index in [0.717, 1.165) is 11.2 Å². The Bertz CT molecular complexity index is 942. The number of aromatic nitrogens is 4. The SMILES string of the molecule is CC(C)(C)OC(=O)NC/C=C/c1ncnc2c1ncn2Cc1ccccc1. The Labute approximate surface area is 158 Å². The fourth-order valence-electron chi connectivity index (χ4n) is 2.54. The van der Waals surface area contributed by atoms with Gasteiger partial charge >= 0.3 is 6.09 Å². The molecule has 0 atom stereocenters. The van der Waals surface area contributed by atoms with E-state index in [0.29, 0.717) is 18.8 Å². The topological polar surface area (TPSA) is 81.9 Å². The molecule has 0 aliphatic heterocycles. The normalized spacial score (nSPS) is 11.8. The molecule has 0 saturated carbocycles. The van der Waals surface area contributed by atoms with Crippen molar-refractivity contribution >= 4 is 23.3 Å². The van der Waals surface area contributed by atoms with Crippen LogP contribution in [-0.2, 0) is 11.3 Å². The molecule has 2 aromatic heterocycles. The number of fused-ring (bicyclic) bond motifs is 1. The van der Waals surface area contributed by atoms with Crippen molar-refractivity contribution in [1.82, 2.24) is 24.8 Å². The maximum absolute atomic E-state index is 11.7. The Morgan fingerprint density at radius 1 is 1.19 bits per heavy atom. The summed E-state index contributed by atoms with van der Waals surface area (Å²) in [5.41, 5.74) is 2.86. The van der Waals surface area contributed by atoms with Crippen LogP contribution in [0.1, 0.15) is 32.0 Å². The van der Waals surface area contributed by atoms with Gasteiger partial charge < -0.3 is 14.6 Å². The molecule has 0 fully saturated rings. The predicted molar refractivity (Wildman–Crippen MR) is 104 cm³/mol. The van der Waals surface area contributed by atoms with E-state index in [4.69, 9.17) is 4.74 Å². The van der Waals surface area contributed by atoms with Gasteiger partial charge in [0.15, 0.2) is 5.65 Å². The Hall–Kier alpha value is -3.22. The summed E-state index contributed by atoms with van der Waals surface area (Å²) in [7, 11) is 0. The van der Waals surface area contributed by atoms with Gasteiger partial charge in [-0.2, -0.15) is 0 Å². The van der Waals surface area contributed by atoms with Gasteiger partial charge in [0.25, 0.3) is 0 Å². The summed E-state index contributed by atoms with van der Waals surface area (Å²) >= 11 is 0. The van der Waals surface area contributed by atoms with Crippen LogP contribution in [0.2, 0.25) is 0 Å². The van der Waals surface area contributed by atoms with E-state index in [1.54, 1.807) is 6.33 Å². The Balaban J connectivity index is 1.68. The molecule has 7 nitrogen and oxygen atoms in total. The number of carbonyl (C=O) groups is 1. The molecule has 0 aliphatic rings. The number of nitrogens with zero attached hydrogens (tertiary/aromatic N) is 4. The largest absolute Gasteiger partial charge is 0.444 e. The lowest BCUT2D eigenvalue weighted by molar-refractivity contribution is 0.0534. The Morgan fingerprint density at radius 3 is 2.70 bits per heavy atom. The van der Waals surface area contributed by atoms with Crippen LogP contribution < -0.4 is 5.32 Å². The average molecular weight is 365 g/mol. The van der Waals surface area contributed by atoms with Crippen molar-refractivity contribution in [2.24, 2.45) is 0 Å². The molecule has 0 spiro atoms. The zero-order chi connectivity index (χ0) is 19.3. The third-order valence-corrected chi connectivity index (χ3v) is 3.66. The molecule has 2 heterocycles. The number of carbonyl (C=O) groups excluding carboxylic acids is 1. The number of ether oxygens (including phenoxy) is 1. The second-order valence-corrected chi connectivity index (χ2v) is 7.07. The number of hydrogen-bond acceptors (Lipinski definition) is 5. The molecule has 27 heavy (non-hydrogen) atoms. The van der Waals surface area contributed by atoms with Crippen molar-refractivity contribution in [3.05, 3.63) is 60.3 Å². The van der Waals surface area contributed by atoms with E-state index in [2.05, 4.69) is 32.4 Å². The van der Waals surface area contributed by atoms with Crippen molar-refractivity contribution in [2.45, 2.75) is 32.9 Å². The van der Waals surface area contributed by atoms with Crippen LogP contribution in [0.25, 0.3) is 17.2 Å². The lowest BCUT2D eigenvalue weighted by atomic mass is 10.2. The first-order chi connectivity index (χ1) is 12.9. The highest BCUT2D eigenvalue weighted by Gasteiger charge is 2.15. The standard InChI is InChI=1S/C20H23N5O2/c1-20(2,3)27-19(26)21-11-7-10-16-17-18(23-13-22-16)25(14-24-17)12-15-8-5-4-6-9-15/h4-10,13-14H,11-12H2,1-3H3,(H,21,26)/b10-7+. The fraction of sp³-hybridized carbons (Fsp3) is 0.300. The van der Waals surface area contributed by atoms with Crippen LogP contribution in [0.5, 0.6) is 0 Å². The quantitative estimate of drug-likeness (QED) is 0.749. The first-order valence-electron chi connectivity index (χ1n) is 8.75. The minimum Gasteiger partial charge on any atom is -0.444 e. The smallest absolute Gasteiger partial charge is 0.407 e. The highest BCUT2D eigenvalue weighted by atomic mass is 16.6. The minimum absolute atomic E-state index is 0.338. The average Bonchev–Trinajstić information content (AvgIpc) is 3.02. The first-order valence-corrected chi connectivity index (χ1v) is 8.75. The number of rotatable bonds is 5. The summed E-state index contributed by atoms with van der Waals surface area (Å²) in [5, 5.41) is 2.68. The maximum Gasteiger partial charge on any atom is 0.407 e. The third-order valence-electron chi connectivity index (χ3n) is 3.66. The summed E-state index contributed by atoms with van der Waals surface area (Å²) < 4.78 is 7.18. The van der Waals surface area contributed by atoms with Gasteiger partial charge in [0.2, 0.25) is 0 Å². The molecule has 1 amide bonds. The van der Waals surface area contributed by atoms with Crippen molar-refractivity contribution < 1.29 is 9.53 Å². The van der Waals surface area contributed by atoms with Crippen molar-refractivity contribution in [3.8, 4) is 0 Å². The van der Waals surface area contributed by atoms with Gasteiger partial charge in [-0.25, -0.2) is 19.7 Å². The Morgan fingerprint density at radius 2 is 1.96 bits per heavy atom. The predicted octanol–water partition coefficient (Wildman–Crippen LogP) is 3.41. The van der Waals surface area contributed by atoms with Gasteiger partial charge in [0.05, 0.1) is 18.6 Å². The van der Waals surface area contributed by atoms with E-state index in [9.17, 15) is 4.79 Å². The zero-order valence-corrected chi connectivity index (χ0v) is 15.7. The van der Waals surface area contributed by atoms with Crippen LogP contribution in [-0.4, -0.2) is 37.8 Å². The highest BCUT2D eigenvalue weighted by molar-refractivity contribution is 5.80. The lowest BCUT2D eigenvalue weighted by Gasteiger charge is -2.19. The van der Waals surface area contributed by atoms with Crippen LogP contribution in [0, 0.1) is 0 Å². The van der Waals surface area contributed by atoms with Gasteiger partial charge in [0.1, 0.15) is 17.4 Å². The van der Waals surface area contributed by atoms with E-state index >= 15 is 0 Å². The maximum atomic E-state index is 11.7. The lowest BCUT2D eigenvalue weighted by Crippen LogP contribution is -2.32. The molecule has 3 aromatic rings. The number of benzene rings is 1. The number of alkyl carbamates (subject to hydrolysis) is 1. The molecular weight excluding hydrogens is 342 g/mol. The van der Waals surface area contributed by atoms with Gasteiger partial charge in [-0.1, -0.05) is 36.4 Å². The summed E-state index contributed by atoms with van der Waals surface area (Å²) in [6, 6.07) is 10.1. The molecule has 140 valence electrons. The minimum atomic E-state index is -0.516. The summed E-state index contributed by atoms with van der Waals surface area (Å²) in [4.78, 5) is 24.7. The second kappa shape index (κ2) is 7.99. The third kappa shape index (κ3) is 5.13. The molecule has 7 heteroatoms. The van der Waals surface area contributed by atoms with E-state index in [-0.39, 0.29) is 0 Å². The molecule has 1 aromatic carbocycles. The van der Waals surface area contributed by atoms with E-state index < -0.39 is 11.7 Å². The van der Waals surface area contributed by atoms with Crippen LogP contribution in [0.15, 0.2) is 49.1 Å². The van der Waals surface area contributed by atoms with Crippen LogP contribution in [0.4, 0.5) is 4.79 Å². The molecule has 0 unspecified atom stereocenters. The number of imidazole rings is 1. The zero-order valence-electron chi connectivity index (χ0n) is 15.7. The van der Waals surface area contributed by atoms with Crippen LogP contribution >= 0.6 is 0 Å². The molecule has 1 N–H and O–H groups in total. The second-order valence-electron chi connectivity index (χ2n) is 7.07. The van der Waals surface area contributed by atoms with Crippen LogP contribution in [0.3, 0.4) is 0 Å². The molecule has 0 bridgehead atoms. The van der Waals surface area contributed by atoms with Crippen molar-refractivity contribution in [2.75, 3.05) is 6.54 Å². The molecule has 0 saturated heterocycles. The molecule has 0 aliphatic carbocycles. The molecular formula is C20H23N5O2. The van der Waals surface area contributed by atoms with Gasteiger partial charge in [-0.15, -0.1) is 0 Å². The fourth-order valence-corrected chi connectivity index (χ4v) is 2.54. The molecule has 0 radical (unpaired) electrons. The van der Waals surface area contributed by atoms with Crippen molar-refractivity contribution in [3.63, 3.8) is 0 Å². The van der Waals surface area contributed by atoms with Gasteiger partial charge in [-0.05, 0) is 32.4 Å². The summed E-state index contributed by atoms with van der Waals surface area (Å²) in [5.74, 6) is 0. The number of nitrogens with one attached hydrogen (secondary N) is 1.